The Hall–Kier alpha value is -1.39. The molecule has 2 rings (SSSR count). The molecule has 1 unspecified atom stereocenters. The fraction of sp³-hybridized carbons (Fsp3) is 0.467. The fourth-order valence-corrected chi connectivity index (χ4v) is 2.46. The van der Waals surface area contributed by atoms with Crippen molar-refractivity contribution in [1.29, 1.82) is 0 Å². The molecule has 1 atom stereocenters. The highest BCUT2D eigenvalue weighted by molar-refractivity contribution is 5.57. The van der Waals surface area contributed by atoms with E-state index < -0.39 is 0 Å². The minimum absolute atomic E-state index is 0.171. The lowest BCUT2D eigenvalue weighted by atomic mass is 10.0. The van der Waals surface area contributed by atoms with Crippen LogP contribution >= 0.6 is 0 Å². The van der Waals surface area contributed by atoms with E-state index in [-0.39, 0.29) is 11.9 Å². The zero-order chi connectivity index (χ0) is 13.8. The van der Waals surface area contributed by atoms with Crippen molar-refractivity contribution in [3.05, 3.63) is 41.2 Å². The number of nitrogens with zero attached hydrogens (tertiary/aromatic N) is 1. The van der Waals surface area contributed by atoms with Crippen molar-refractivity contribution in [2.75, 3.05) is 31.7 Å². The number of nitrogens with two attached hydrogens (primary N) is 1. The van der Waals surface area contributed by atoms with E-state index in [2.05, 4.69) is 6.08 Å². The van der Waals surface area contributed by atoms with E-state index in [1.165, 1.54) is 11.6 Å². The van der Waals surface area contributed by atoms with E-state index in [4.69, 9.17) is 10.5 Å². The SMILES string of the molecule is COCC1=CCN(c2c(F)cccc2C(C)N)CC1. The van der Waals surface area contributed by atoms with Gasteiger partial charge in [0.05, 0.1) is 12.3 Å². The van der Waals surface area contributed by atoms with E-state index in [9.17, 15) is 4.39 Å². The van der Waals surface area contributed by atoms with E-state index >= 15 is 0 Å². The molecule has 0 fully saturated rings. The zero-order valence-electron chi connectivity index (χ0n) is 11.5. The summed E-state index contributed by atoms with van der Waals surface area (Å²) in [4.78, 5) is 2.05. The number of hydrogen-bond acceptors (Lipinski definition) is 3. The van der Waals surface area contributed by atoms with Crippen molar-refractivity contribution in [2.45, 2.75) is 19.4 Å². The van der Waals surface area contributed by atoms with Gasteiger partial charge in [-0.1, -0.05) is 18.2 Å². The molecule has 0 bridgehead atoms. The summed E-state index contributed by atoms with van der Waals surface area (Å²) in [7, 11) is 1.69. The Kier molecular flexibility index (Phi) is 4.56. The van der Waals surface area contributed by atoms with Crippen LogP contribution in [0.2, 0.25) is 0 Å². The largest absolute Gasteiger partial charge is 0.380 e. The number of hydrogen-bond donors (Lipinski definition) is 1. The predicted octanol–water partition coefficient (Wildman–Crippen LogP) is 2.63. The molecule has 4 heteroatoms. The molecule has 1 heterocycles. The van der Waals surface area contributed by atoms with Crippen molar-refractivity contribution >= 4 is 5.69 Å². The van der Waals surface area contributed by atoms with Gasteiger partial charge in [0.25, 0.3) is 0 Å². The van der Waals surface area contributed by atoms with E-state index in [1.807, 2.05) is 17.9 Å². The van der Waals surface area contributed by atoms with Crippen molar-refractivity contribution in [2.24, 2.45) is 5.73 Å². The highest BCUT2D eigenvalue weighted by Gasteiger charge is 2.20. The highest BCUT2D eigenvalue weighted by atomic mass is 19.1. The smallest absolute Gasteiger partial charge is 0.146 e. The Bertz CT molecular complexity index is 471. The minimum Gasteiger partial charge on any atom is -0.380 e. The molecule has 0 saturated heterocycles. The minimum atomic E-state index is -0.196. The first-order valence-corrected chi connectivity index (χ1v) is 6.59. The van der Waals surface area contributed by atoms with Crippen LogP contribution in [0.15, 0.2) is 29.8 Å². The molecule has 2 N–H and O–H groups in total. The number of rotatable bonds is 4. The maximum absolute atomic E-state index is 14.1. The van der Waals surface area contributed by atoms with Gasteiger partial charge in [-0.25, -0.2) is 4.39 Å². The van der Waals surface area contributed by atoms with Gasteiger partial charge >= 0.3 is 0 Å². The van der Waals surface area contributed by atoms with Crippen LogP contribution in [0.4, 0.5) is 10.1 Å². The van der Waals surface area contributed by atoms with Crippen molar-refractivity contribution in [3.8, 4) is 0 Å². The van der Waals surface area contributed by atoms with Crippen LogP contribution in [0, 0.1) is 5.82 Å². The molecule has 0 radical (unpaired) electrons. The van der Waals surface area contributed by atoms with Gasteiger partial charge in [-0.05, 0) is 30.5 Å². The number of para-hydroxylation sites is 1. The third-order valence-electron chi connectivity index (χ3n) is 3.46. The molecular formula is C15H21FN2O. The quantitative estimate of drug-likeness (QED) is 0.850. The van der Waals surface area contributed by atoms with Crippen LogP contribution in [0.3, 0.4) is 0 Å². The third-order valence-corrected chi connectivity index (χ3v) is 3.46. The lowest BCUT2D eigenvalue weighted by molar-refractivity contribution is 0.222. The topological polar surface area (TPSA) is 38.5 Å². The van der Waals surface area contributed by atoms with E-state index in [1.54, 1.807) is 13.2 Å². The van der Waals surface area contributed by atoms with Crippen molar-refractivity contribution < 1.29 is 9.13 Å². The lowest BCUT2D eigenvalue weighted by Gasteiger charge is -2.31. The van der Waals surface area contributed by atoms with E-state index in [0.29, 0.717) is 18.8 Å². The van der Waals surface area contributed by atoms with Gasteiger partial charge in [-0.15, -0.1) is 0 Å². The van der Waals surface area contributed by atoms with Gasteiger partial charge in [-0.3, -0.25) is 0 Å². The number of halogens is 1. The number of benzene rings is 1. The van der Waals surface area contributed by atoms with Gasteiger partial charge in [0, 0.05) is 26.2 Å². The Labute approximate surface area is 113 Å². The molecule has 1 aromatic rings. The standard InChI is InChI=1S/C15H21FN2O/c1-11(17)13-4-3-5-14(16)15(13)18-8-6-12(7-9-18)10-19-2/h3-6,11H,7-10,17H2,1-2H3. The number of anilines is 1. The van der Waals surface area contributed by atoms with Gasteiger partial charge in [-0.2, -0.15) is 0 Å². The molecule has 0 spiro atoms. The summed E-state index contributed by atoms with van der Waals surface area (Å²) < 4.78 is 19.2. The van der Waals surface area contributed by atoms with Crippen molar-refractivity contribution in [1.82, 2.24) is 0 Å². The first kappa shape index (κ1) is 14.0. The average molecular weight is 264 g/mol. The van der Waals surface area contributed by atoms with Gasteiger partial charge in [0.15, 0.2) is 0 Å². The summed E-state index contributed by atoms with van der Waals surface area (Å²) in [5.74, 6) is -0.196. The van der Waals surface area contributed by atoms with Crippen LogP contribution in [0.1, 0.15) is 24.9 Å². The van der Waals surface area contributed by atoms with Crippen LogP contribution in [-0.4, -0.2) is 26.8 Å². The molecular weight excluding hydrogens is 243 g/mol. The predicted molar refractivity (Wildman–Crippen MR) is 75.8 cm³/mol. The van der Waals surface area contributed by atoms with Crippen LogP contribution < -0.4 is 10.6 Å². The van der Waals surface area contributed by atoms with Crippen LogP contribution in [0.5, 0.6) is 0 Å². The molecule has 0 aromatic heterocycles. The van der Waals surface area contributed by atoms with Crippen molar-refractivity contribution in [3.63, 3.8) is 0 Å². The molecule has 0 amide bonds. The molecule has 1 aromatic carbocycles. The molecule has 104 valence electrons. The zero-order valence-corrected chi connectivity index (χ0v) is 11.5. The van der Waals surface area contributed by atoms with Gasteiger partial charge in [0.2, 0.25) is 0 Å². The van der Waals surface area contributed by atoms with Crippen LogP contribution in [0.25, 0.3) is 0 Å². The van der Waals surface area contributed by atoms with Gasteiger partial charge in [0.1, 0.15) is 5.82 Å². The summed E-state index contributed by atoms with van der Waals surface area (Å²) >= 11 is 0. The number of ether oxygens (including phenoxy) is 1. The molecule has 1 aliphatic heterocycles. The lowest BCUT2D eigenvalue weighted by Crippen LogP contribution is -2.31. The summed E-state index contributed by atoms with van der Waals surface area (Å²) in [6, 6.07) is 4.94. The molecule has 1 aliphatic rings. The summed E-state index contributed by atoms with van der Waals surface area (Å²) in [5.41, 5.74) is 8.72. The first-order chi connectivity index (χ1) is 9.13. The van der Waals surface area contributed by atoms with Crippen LogP contribution in [-0.2, 0) is 4.74 Å². The molecule has 0 aliphatic carbocycles. The molecule has 3 nitrogen and oxygen atoms in total. The highest BCUT2D eigenvalue weighted by Crippen LogP contribution is 2.30. The average Bonchev–Trinajstić information content (AvgIpc) is 2.40. The molecule has 19 heavy (non-hydrogen) atoms. The second kappa shape index (κ2) is 6.17. The monoisotopic (exact) mass is 264 g/mol. The Morgan fingerprint density at radius 2 is 2.26 bits per heavy atom. The maximum atomic E-state index is 14.1. The Morgan fingerprint density at radius 3 is 2.84 bits per heavy atom. The Morgan fingerprint density at radius 1 is 1.47 bits per heavy atom. The normalized spacial score (nSPS) is 17.3. The summed E-state index contributed by atoms with van der Waals surface area (Å²) in [5, 5.41) is 0. The summed E-state index contributed by atoms with van der Waals surface area (Å²) in [6.07, 6.45) is 3.02. The summed E-state index contributed by atoms with van der Waals surface area (Å²) in [6.45, 7) is 4.05. The Balaban J connectivity index is 2.24. The number of methoxy groups -OCH3 is 1. The van der Waals surface area contributed by atoms with Gasteiger partial charge < -0.3 is 15.4 Å². The second-order valence-corrected chi connectivity index (χ2v) is 4.96. The maximum Gasteiger partial charge on any atom is 0.146 e. The fourth-order valence-electron chi connectivity index (χ4n) is 2.46. The van der Waals surface area contributed by atoms with E-state index in [0.717, 1.165) is 18.5 Å². The third kappa shape index (κ3) is 3.14. The second-order valence-electron chi connectivity index (χ2n) is 4.96. The first-order valence-electron chi connectivity index (χ1n) is 6.59. The molecule has 0 saturated carbocycles.